The number of carbonyl (C=O) groups excluding carboxylic acids is 1. The summed E-state index contributed by atoms with van der Waals surface area (Å²) >= 11 is 0. The van der Waals surface area contributed by atoms with E-state index in [1.807, 2.05) is 0 Å². The summed E-state index contributed by atoms with van der Waals surface area (Å²) in [5.41, 5.74) is 2.90. The Bertz CT molecular complexity index is 568. The third-order valence-corrected chi connectivity index (χ3v) is 6.97. The normalized spacial score (nSPS) is 35.0. The molecule has 130 valence electrons. The highest BCUT2D eigenvalue weighted by molar-refractivity contribution is 5.77. The van der Waals surface area contributed by atoms with E-state index >= 15 is 0 Å². The van der Waals surface area contributed by atoms with Crippen molar-refractivity contribution in [3.8, 4) is 0 Å². The van der Waals surface area contributed by atoms with E-state index in [2.05, 4.69) is 43.4 Å². The molecule has 4 bridgehead atoms. The highest BCUT2D eigenvalue weighted by atomic mass is 16.1. The molecular formula is C22H31NO. The SMILES string of the molecule is CCc1ccc(C(C)NC(=O)CC23CC4CC(CC(C4)C2)C3)cc1. The van der Waals surface area contributed by atoms with Crippen molar-refractivity contribution < 1.29 is 4.79 Å². The molecule has 0 spiro atoms. The number of amides is 1. The van der Waals surface area contributed by atoms with Crippen LogP contribution < -0.4 is 5.32 Å². The largest absolute Gasteiger partial charge is 0.350 e. The van der Waals surface area contributed by atoms with E-state index in [4.69, 9.17) is 0 Å². The first kappa shape index (κ1) is 16.2. The summed E-state index contributed by atoms with van der Waals surface area (Å²) < 4.78 is 0. The third kappa shape index (κ3) is 3.12. The second kappa shape index (κ2) is 6.20. The lowest BCUT2D eigenvalue weighted by molar-refractivity contribution is -0.130. The maximum atomic E-state index is 12.7. The van der Waals surface area contributed by atoms with Crippen LogP contribution >= 0.6 is 0 Å². The maximum Gasteiger partial charge on any atom is 0.221 e. The Hall–Kier alpha value is -1.31. The van der Waals surface area contributed by atoms with Crippen LogP contribution in [0.15, 0.2) is 24.3 Å². The Balaban J connectivity index is 1.37. The van der Waals surface area contributed by atoms with Gasteiger partial charge in [0.05, 0.1) is 6.04 Å². The van der Waals surface area contributed by atoms with Crippen LogP contribution in [0.1, 0.15) is 76.0 Å². The molecule has 4 aliphatic rings. The van der Waals surface area contributed by atoms with Crippen molar-refractivity contribution >= 4 is 5.91 Å². The monoisotopic (exact) mass is 325 g/mol. The average molecular weight is 325 g/mol. The molecule has 1 N–H and O–H groups in total. The van der Waals surface area contributed by atoms with Crippen LogP contribution in [0.2, 0.25) is 0 Å². The third-order valence-electron chi connectivity index (χ3n) is 6.97. The Labute approximate surface area is 146 Å². The van der Waals surface area contributed by atoms with Crippen LogP contribution in [0.4, 0.5) is 0 Å². The van der Waals surface area contributed by atoms with Gasteiger partial charge >= 0.3 is 0 Å². The van der Waals surface area contributed by atoms with Crippen LogP contribution in [-0.4, -0.2) is 5.91 Å². The molecule has 1 amide bonds. The van der Waals surface area contributed by atoms with Gasteiger partial charge in [-0.2, -0.15) is 0 Å². The Kier molecular flexibility index (Phi) is 4.18. The fourth-order valence-electron chi connectivity index (χ4n) is 6.26. The van der Waals surface area contributed by atoms with Gasteiger partial charge in [0.1, 0.15) is 0 Å². The van der Waals surface area contributed by atoms with Crippen LogP contribution in [-0.2, 0) is 11.2 Å². The van der Waals surface area contributed by atoms with Gasteiger partial charge in [0.25, 0.3) is 0 Å². The molecule has 1 aromatic carbocycles. The minimum absolute atomic E-state index is 0.109. The number of rotatable bonds is 5. The zero-order chi connectivity index (χ0) is 16.7. The van der Waals surface area contributed by atoms with Crippen LogP contribution in [0, 0.1) is 23.2 Å². The first-order valence-corrected chi connectivity index (χ1v) is 9.93. The molecule has 0 heterocycles. The maximum absolute atomic E-state index is 12.7. The topological polar surface area (TPSA) is 29.1 Å². The summed E-state index contributed by atoms with van der Waals surface area (Å²) in [6.07, 6.45) is 10.1. The summed E-state index contributed by atoms with van der Waals surface area (Å²) in [5, 5.41) is 3.27. The van der Waals surface area contributed by atoms with Gasteiger partial charge in [0.2, 0.25) is 5.91 Å². The molecule has 0 aromatic heterocycles. The van der Waals surface area contributed by atoms with Gasteiger partial charge in [-0.15, -0.1) is 0 Å². The molecule has 24 heavy (non-hydrogen) atoms. The molecule has 0 aliphatic heterocycles. The van der Waals surface area contributed by atoms with E-state index in [-0.39, 0.29) is 11.9 Å². The lowest BCUT2D eigenvalue weighted by atomic mass is 9.49. The number of hydrogen-bond acceptors (Lipinski definition) is 1. The van der Waals surface area contributed by atoms with Gasteiger partial charge in [-0.05, 0) is 86.2 Å². The fraction of sp³-hybridized carbons (Fsp3) is 0.682. The Morgan fingerprint density at radius 3 is 2.12 bits per heavy atom. The molecule has 2 heteroatoms. The molecular weight excluding hydrogens is 294 g/mol. The number of aryl methyl sites for hydroxylation is 1. The molecule has 0 radical (unpaired) electrons. The summed E-state index contributed by atoms with van der Waals surface area (Å²) in [6, 6.07) is 8.79. The standard InChI is InChI=1S/C22H31NO/c1-3-16-4-6-20(7-5-16)15(2)23-21(24)14-22-11-17-8-18(12-22)10-19(9-17)13-22/h4-7,15,17-19H,3,8-14H2,1-2H3,(H,23,24). The summed E-state index contributed by atoms with van der Waals surface area (Å²) in [4.78, 5) is 12.7. The van der Waals surface area contributed by atoms with Gasteiger partial charge in [-0.1, -0.05) is 31.2 Å². The highest BCUT2D eigenvalue weighted by Gasteiger charge is 2.51. The zero-order valence-electron chi connectivity index (χ0n) is 15.2. The smallest absolute Gasteiger partial charge is 0.221 e. The van der Waals surface area contributed by atoms with Crippen molar-refractivity contribution in [3.63, 3.8) is 0 Å². The van der Waals surface area contributed by atoms with Gasteiger partial charge in [0.15, 0.2) is 0 Å². The van der Waals surface area contributed by atoms with E-state index in [1.54, 1.807) is 0 Å². The van der Waals surface area contributed by atoms with Gasteiger partial charge in [-0.25, -0.2) is 0 Å². The number of nitrogens with one attached hydrogen (secondary N) is 1. The second-order valence-electron chi connectivity index (χ2n) is 8.98. The predicted octanol–water partition coefficient (Wildman–Crippen LogP) is 5.03. The van der Waals surface area contributed by atoms with E-state index in [0.29, 0.717) is 5.41 Å². The molecule has 2 nitrogen and oxygen atoms in total. The average Bonchev–Trinajstić information content (AvgIpc) is 2.53. The molecule has 4 aliphatic carbocycles. The van der Waals surface area contributed by atoms with Crippen molar-refractivity contribution in [2.75, 3.05) is 0 Å². The minimum Gasteiger partial charge on any atom is -0.350 e. The number of carbonyl (C=O) groups is 1. The summed E-state index contributed by atoms with van der Waals surface area (Å²) in [6.45, 7) is 4.28. The van der Waals surface area contributed by atoms with Gasteiger partial charge < -0.3 is 5.32 Å². The van der Waals surface area contributed by atoms with Crippen LogP contribution in [0.3, 0.4) is 0 Å². The Morgan fingerprint density at radius 2 is 1.62 bits per heavy atom. The zero-order valence-corrected chi connectivity index (χ0v) is 15.2. The Morgan fingerprint density at radius 1 is 1.08 bits per heavy atom. The molecule has 4 fully saturated rings. The first-order valence-electron chi connectivity index (χ1n) is 9.93. The molecule has 1 atom stereocenters. The van der Waals surface area contributed by atoms with E-state index in [9.17, 15) is 4.79 Å². The fourth-order valence-corrected chi connectivity index (χ4v) is 6.26. The van der Waals surface area contributed by atoms with Crippen molar-refractivity contribution in [2.45, 2.75) is 71.3 Å². The predicted molar refractivity (Wildman–Crippen MR) is 97.6 cm³/mol. The lowest BCUT2D eigenvalue weighted by Crippen LogP contribution is -2.48. The molecule has 4 saturated carbocycles. The van der Waals surface area contributed by atoms with Crippen LogP contribution in [0.5, 0.6) is 0 Å². The summed E-state index contributed by atoms with van der Waals surface area (Å²) in [7, 11) is 0. The van der Waals surface area contributed by atoms with Crippen molar-refractivity contribution in [3.05, 3.63) is 35.4 Å². The van der Waals surface area contributed by atoms with E-state index in [0.717, 1.165) is 30.6 Å². The molecule has 0 saturated heterocycles. The lowest BCUT2D eigenvalue weighted by Gasteiger charge is -2.56. The van der Waals surface area contributed by atoms with Crippen molar-refractivity contribution in [1.29, 1.82) is 0 Å². The van der Waals surface area contributed by atoms with Gasteiger partial charge in [0, 0.05) is 6.42 Å². The molecule has 1 unspecified atom stereocenters. The number of hydrogen-bond donors (Lipinski definition) is 1. The van der Waals surface area contributed by atoms with E-state index < -0.39 is 0 Å². The highest BCUT2D eigenvalue weighted by Crippen LogP contribution is 2.61. The van der Waals surface area contributed by atoms with Crippen molar-refractivity contribution in [1.82, 2.24) is 5.32 Å². The van der Waals surface area contributed by atoms with Crippen molar-refractivity contribution in [2.24, 2.45) is 23.2 Å². The summed E-state index contributed by atoms with van der Waals surface area (Å²) in [5.74, 6) is 3.03. The quantitative estimate of drug-likeness (QED) is 0.808. The van der Waals surface area contributed by atoms with Gasteiger partial charge in [-0.3, -0.25) is 4.79 Å². The number of benzene rings is 1. The minimum atomic E-state index is 0.109. The first-order chi connectivity index (χ1) is 11.5. The molecule has 1 aromatic rings. The van der Waals surface area contributed by atoms with E-state index in [1.165, 1.54) is 49.7 Å². The molecule has 5 rings (SSSR count). The van der Waals surface area contributed by atoms with Crippen LogP contribution in [0.25, 0.3) is 0 Å². The second-order valence-corrected chi connectivity index (χ2v) is 8.98.